The molecule has 0 bridgehead atoms. The van der Waals surface area contributed by atoms with E-state index in [1.807, 2.05) is 0 Å². The zero-order chi connectivity index (χ0) is 0. The van der Waals surface area contributed by atoms with E-state index in [1.54, 1.807) is 0 Å². The van der Waals surface area contributed by atoms with Crippen molar-refractivity contribution in [2.24, 2.45) is 0 Å². The van der Waals surface area contributed by atoms with Gasteiger partial charge in [0.25, 0.3) is 0 Å². The van der Waals surface area contributed by atoms with Crippen LogP contribution in [0.5, 0.6) is 0 Å². The van der Waals surface area contributed by atoms with Crippen LogP contribution in [0.25, 0.3) is 0 Å². The third-order valence-electron chi connectivity index (χ3n) is 0. The first-order chi connectivity index (χ1) is 0. The van der Waals surface area contributed by atoms with Crippen LogP contribution in [0.3, 0.4) is 0 Å². The molecule has 0 aliphatic heterocycles. The van der Waals surface area contributed by atoms with Crippen LogP contribution in [0, 0.1) is 125 Å². The zero-order valence-electron chi connectivity index (χ0n) is 1.85. The molecule has 0 rings (SSSR count). The van der Waals surface area contributed by atoms with Gasteiger partial charge in [-0.25, -0.2) is 0 Å². The van der Waals surface area contributed by atoms with Crippen molar-refractivity contribution in [1.29, 1.82) is 0 Å². The summed E-state index contributed by atoms with van der Waals surface area (Å²) in [6.07, 6.45) is 0. The monoisotopic (exact) mass is 522 g/mol. The van der Waals surface area contributed by atoms with E-state index in [0.29, 0.717) is 0 Å². The molecule has 0 unspecified atom stereocenters. The minimum absolute atomic E-state index is 0. The Hall–Kier alpha value is 4.75. The fourth-order valence-electron chi connectivity index (χ4n) is 0. The maximum atomic E-state index is 0. The largest absolute Gasteiger partial charge is 0 e. The fourth-order valence-corrected chi connectivity index (χ4v) is 0. The molecular formula is Ce3Ru. The van der Waals surface area contributed by atoms with Gasteiger partial charge in [0, 0.05) is 145 Å². The van der Waals surface area contributed by atoms with Crippen molar-refractivity contribution in [2.45, 2.75) is 0 Å². The Kier molecular flexibility index (Phi) is 91.1. The van der Waals surface area contributed by atoms with Crippen LogP contribution < -0.4 is 0 Å². The van der Waals surface area contributed by atoms with Crippen molar-refractivity contribution < 1.29 is 145 Å². The molecule has 0 saturated carbocycles. The summed E-state index contributed by atoms with van der Waals surface area (Å²) in [5.74, 6) is 0. The molecule has 0 atom stereocenters. The maximum absolute atomic E-state index is 0. The van der Waals surface area contributed by atoms with E-state index in [2.05, 4.69) is 0 Å². The van der Waals surface area contributed by atoms with Crippen LogP contribution in [0.4, 0.5) is 0 Å². The van der Waals surface area contributed by atoms with Gasteiger partial charge in [-0.1, -0.05) is 0 Å². The average molecular weight is 521 g/mol. The molecular weight excluding hydrogens is 521 g/mol. The molecule has 0 saturated heterocycles. The van der Waals surface area contributed by atoms with Gasteiger partial charge in [0.05, 0.1) is 0 Å². The Morgan fingerprint density at radius 1 is 0.500 bits per heavy atom. The third kappa shape index (κ3) is 9.89. The van der Waals surface area contributed by atoms with E-state index in [4.69, 9.17) is 0 Å². The first kappa shape index (κ1) is 23.3. The van der Waals surface area contributed by atoms with Gasteiger partial charge < -0.3 is 0 Å². The standard InChI is InChI=1S/3Ce.Ru. The van der Waals surface area contributed by atoms with Crippen molar-refractivity contribution in [3.05, 3.63) is 0 Å². The van der Waals surface area contributed by atoms with Gasteiger partial charge in [-0.05, 0) is 0 Å². The van der Waals surface area contributed by atoms with Gasteiger partial charge in [-0.3, -0.25) is 0 Å². The van der Waals surface area contributed by atoms with Crippen LogP contribution in [-0.4, -0.2) is 0 Å². The summed E-state index contributed by atoms with van der Waals surface area (Å²) in [6.45, 7) is 0. The predicted molar refractivity (Wildman–Crippen MR) is 0 cm³/mol. The summed E-state index contributed by atoms with van der Waals surface area (Å²) >= 11 is 0. The van der Waals surface area contributed by atoms with Gasteiger partial charge in [0.1, 0.15) is 0 Å². The molecule has 0 aliphatic rings. The minimum Gasteiger partial charge on any atom is 0 e. The van der Waals surface area contributed by atoms with Crippen LogP contribution >= 0.6 is 0 Å². The Morgan fingerprint density at radius 3 is 0.500 bits per heavy atom. The van der Waals surface area contributed by atoms with E-state index in [1.165, 1.54) is 0 Å². The molecule has 0 radical (unpaired) electrons. The molecule has 0 aromatic carbocycles. The Morgan fingerprint density at radius 2 is 0.500 bits per heavy atom. The fraction of sp³-hybridized carbons (Fsp3) is 0. The van der Waals surface area contributed by atoms with Gasteiger partial charge in [0.2, 0.25) is 0 Å². The molecule has 0 spiro atoms. The van der Waals surface area contributed by atoms with Crippen molar-refractivity contribution in [3.63, 3.8) is 0 Å². The molecule has 0 amide bonds. The van der Waals surface area contributed by atoms with Crippen LogP contribution in [0.2, 0.25) is 0 Å². The second kappa shape index (κ2) is 15.7. The summed E-state index contributed by atoms with van der Waals surface area (Å²) in [5, 5.41) is 0. The molecule has 0 aromatic rings. The van der Waals surface area contributed by atoms with Gasteiger partial charge in [-0.2, -0.15) is 0 Å². The quantitative estimate of drug-likeness (QED) is 0.394. The number of rotatable bonds is 0. The molecule has 4 heavy (non-hydrogen) atoms. The average Bonchev–Trinajstić information content (AvgIpc) is 0. The molecule has 0 N–H and O–H groups in total. The smallest absolute Gasteiger partial charge is 0 e. The molecule has 20 valence electrons. The third-order valence-corrected chi connectivity index (χ3v) is 0. The van der Waals surface area contributed by atoms with Gasteiger partial charge in [0.15, 0.2) is 0 Å². The van der Waals surface area contributed by atoms with Crippen molar-refractivity contribution in [1.82, 2.24) is 0 Å². The minimum atomic E-state index is 0. The summed E-state index contributed by atoms with van der Waals surface area (Å²) in [4.78, 5) is 0. The van der Waals surface area contributed by atoms with Gasteiger partial charge in [-0.15, -0.1) is 0 Å². The first-order valence-electron chi connectivity index (χ1n) is 0. The Balaban J connectivity index is 0. The molecule has 0 aliphatic carbocycles. The normalized spacial score (nSPS) is 0. The second-order valence-electron chi connectivity index (χ2n) is 0. The van der Waals surface area contributed by atoms with E-state index < -0.39 is 0 Å². The summed E-state index contributed by atoms with van der Waals surface area (Å²) < 4.78 is 0. The molecule has 0 heterocycles. The zero-order valence-corrected chi connectivity index (χ0v) is 13.0. The number of hydrogen-bond donors (Lipinski definition) is 0. The van der Waals surface area contributed by atoms with E-state index in [9.17, 15) is 0 Å². The van der Waals surface area contributed by atoms with Crippen molar-refractivity contribution in [3.8, 4) is 0 Å². The van der Waals surface area contributed by atoms with Crippen LogP contribution in [-0.2, 0) is 19.5 Å². The van der Waals surface area contributed by atoms with E-state index in [-0.39, 0.29) is 145 Å². The van der Waals surface area contributed by atoms with Gasteiger partial charge >= 0.3 is 0 Å². The van der Waals surface area contributed by atoms with Crippen molar-refractivity contribution >= 4 is 0 Å². The predicted octanol–water partition coefficient (Wildman–Crippen LogP) is -0.00250. The van der Waals surface area contributed by atoms with Crippen molar-refractivity contribution in [2.75, 3.05) is 0 Å². The molecule has 0 fully saturated rings. The summed E-state index contributed by atoms with van der Waals surface area (Å²) in [5.41, 5.74) is 0. The summed E-state index contributed by atoms with van der Waals surface area (Å²) in [7, 11) is 0. The topological polar surface area (TPSA) is 0 Å². The van der Waals surface area contributed by atoms with Crippen LogP contribution in [0.15, 0.2) is 0 Å². The van der Waals surface area contributed by atoms with Crippen LogP contribution in [0.1, 0.15) is 0 Å². The molecule has 0 aromatic heterocycles. The van der Waals surface area contributed by atoms with E-state index >= 15 is 0 Å². The Bertz CT molecular complexity index is 3.25. The van der Waals surface area contributed by atoms with E-state index in [0.717, 1.165) is 0 Å². The first-order valence-corrected chi connectivity index (χ1v) is 0. The second-order valence-corrected chi connectivity index (χ2v) is 0. The summed E-state index contributed by atoms with van der Waals surface area (Å²) in [6, 6.07) is 0. The number of hydrogen-bond acceptors (Lipinski definition) is 0. The molecule has 4 heteroatoms. The SMILES string of the molecule is [Ce].[Ce].[Ce].[Ru]. The Labute approximate surface area is 140 Å². The molecule has 0 nitrogen and oxygen atoms in total. The maximum Gasteiger partial charge on any atom is 0 e.